The molecule has 0 unspecified atom stereocenters. The Kier molecular flexibility index (Phi) is 12.4. The van der Waals surface area contributed by atoms with Crippen molar-refractivity contribution in [1.29, 1.82) is 0 Å². The molecular weight excluding hydrogens is 432 g/mol. The summed E-state index contributed by atoms with van der Waals surface area (Å²) < 4.78 is 0. The van der Waals surface area contributed by atoms with Crippen molar-refractivity contribution in [2.24, 2.45) is 0 Å². The normalized spacial score (nSPS) is 9.62. The van der Waals surface area contributed by atoms with Gasteiger partial charge in [0, 0.05) is 24.3 Å². The second kappa shape index (κ2) is 12.9. The van der Waals surface area contributed by atoms with Gasteiger partial charge in [0.25, 0.3) is 0 Å². The maximum Gasteiger partial charge on any atom is 0.249 e. The van der Waals surface area contributed by atoms with Crippen LogP contribution >= 0.6 is 43.6 Å². The van der Waals surface area contributed by atoms with E-state index in [2.05, 4.69) is 53.6 Å². The Balaban J connectivity index is 3.50. The molecule has 4 N–H and O–H groups in total. The summed E-state index contributed by atoms with van der Waals surface area (Å²) in [6.07, 6.45) is 0.463. The second-order valence-corrected chi connectivity index (χ2v) is 5.92. The molecule has 0 saturated heterocycles. The predicted molar refractivity (Wildman–Crippen MR) is 86.7 cm³/mol. The topological polar surface area (TPSA) is 116 Å². The number of amides is 4. The number of rotatable bonds is 8. The number of hydrazine groups is 2. The minimum atomic E-state index is -0.335. The molecule has 0 heterocycles. The van der Waals surface area contributed by atoms with E-state index >= 15 is 0 Å². The Morgan fingerprint density at radius 2 is 1.00 bits per heavy atom. The van der Waals surface area contributed by atoms with E-state index in [1.165, 1.54) is 11.8 Å². The zero-order chi connectivity index (χ0) is 16.1. The summed E-state index contributed by atoms with van der Waals surface area (Å²) in [6.45, 7) is 0. The number of nitrogens with one attached hydrogen (secondary N) is 4. The van der Waals surface area contributed by atoms with Crippen LogP contribution in [0.2, 0.25) is 0 Å². The Labute approximate surface area is 143 Å². The molecule has 0 aliphatic carbocycles. The molecule has 0 aromatic heterocycles. The first-order valence-corrected chi connectivity index (χ1v) is 9.24. The van der Waals surface area contributed by atoms with Gasteiger partial charge in [-0.05, 0) is 0 Å². The fourth-order valence-electron chi connectivity index (χ4n) is 0.902. The van der Waals surface area contributed by atoms with Crippen LogP contribution in [0.4, 0.5) is 0 Å². The molecule has 8 nitrogen and oxygen atoms in total. The summed E-state index contributed by atoms with van der Waals surface area (Å²) in [6, 6.07) is 0. The van der Waals surface area contributed by atoms with Crippen molar-refractivity contribution in [3.05, 3.63) is 0 Å². The van der Waals surface area contributed by atoms with Gasteiger partial charge in [0.15, 0.2) is 0 Å². The highest BCUT2D eigenvalue weighted by Gasteiger charge is 2.05. The van der Waals surface area contributed by atoms with Gasteiger partial charge in [-0.15, -0.1) is 0 Å². The van der Waals surface area contributed by atoms with Crippen LogP contribution in [0, 0.1) is 0 Å². The minimum Gasteiger partial charge on any atom is -0.273 e. The highest BCUT2D eigenvalue weighted by Crippen LogP contribution is 2.04. The Morgan fingerprint density at radius 3 is 1.33 bits per heavy atom. The van der Waals surface area contributed by atoms with E-state index in [-0.39, 0.29) is 47.1 Å². The molecule has 0 spiro atoms. The van der Waals surface area contributed by atoms with Gasteiger partial charge in [-0.2, -0.15) is 11.8 Å². The van der Waals surface area contributed by atoms with Crippen LogP contribution in [0.1, 0.15) is 12.8 Å². The van der Waals surface area contributed by atoms with E-state index in [9.17, 15) is 19.2 Å². The summed E-state index contributed by atoms with van der Waals surface area (Å²) in [5.41, 5.74) is 8.96. The standard InChI is InChI=1S/C10H16Br2N4O4S/c11-5-9(19)15-13-7(17)1-3-21-4-2-8(18)14-16-10(20)6-12/h1-6H2,(H,13,17)(H,14,18)(H,15,19)(H,16,20). The largest absolute Gasteiger partial charge is 0.273 e. The van der Waals surface area contributed by atoms with Gasteiger partial charge >= 0.3 is 0 Å². The molecule has 0 rings (SSSR count). The van der Waals surface area contributed by atoms with Crippen LogP contribution in [-0.2, 0) is 19.2 Å². The molecule has 0 aliphatic heterocycles. The van der Waals surface area contributed by atoms with Crippen molar-refractivity contribution in [3.8, 4) is 0 Å². The monoisotopic (exact) mass is 446 g/mol. The third-order valence-electron chi connectivity index (χ3n) is 1.87. The number of thioether (sulfide) groups is 1. The Hall–Kier alpha value is -0.810. The van der Waals surface area contributed by atoms with E-state index < -0.39 is 0 Å². The maximum absolute atomic E-state index is 11.3. The summed E-state index contributed by atoms with van der Waals surface area (Å²) in [5.74, 6) is -0.221. The molecule has 0 fully saturated rings. The van der Waals surface area contributed by atoms with Crippen LogP contribution in [-0.4, -0.2) is 45.8 Å². The van der Waals surface area contributed by atoms with Crippen molar-refractivity contribution >= 4 is 67.3 Å². The minimum absolute atomic E-state index is 0.114. The van der Waals surface area contributed by atoms with Crippen LogP contribution in [0.25, 0.3) is 0 Å². The Bertz CT molecular complexity index is 350. The molecule has 21 heavy (non-hydrogen) atoms. The number of alkyl halides is 2. The van der Waals surface area contributed by atoms with Crippen molar-refractivity contribution in [3.63, 3.8) is 0 Å². The molecule has 0 aromatic rings. The van der Waals surface area contributed by atoms with Crippen molar-refractivity contribution in [2.75, 3.05) is 22.2 Å². The first-order chi connectivity index (χ1) is 9.99. The zero-order valence-corrected chi connectivity index (χ0v) is 15.0. The lowest BCUT2D eigenvalue weighted by atomic mass is 10.5. The zero-order valence-electron chi connectivity index (χ0n) is 11.0. The van der Waals surface area contributed by atoms with Gasteiger partial charge in [0.1, 0.15) is 0 Å². The van der Waals surface area contributed by atoms with Crippen molar-refractivity contribution < 1.29 is 19.2 Å². The number of hydrogen-bond acceptors (Lipinski definition) is 5. The van der Waals surface area contributed by atoms with Gasteiger partial charge in [-0.1, -0.05) is 31.9 Å². The predicted octanol–water partition coefficient (Wildman–Crippen LogP) is -0.416. The molecule has 120 valence electrons. The lowest BCUT2D eigenvalue weighted by Gasteiger charge is -2.06. The lowest BCUT2D eigenvalue weighted by Crippen LogP contribution is -2.42. The number of carbonyl (C=O) groups excluding carboxylic acids is 4. The van der Waals surface area contributed by atoms with Crippen LogP contribution < -0.4 is 21.7 Å². The molecule has 0 saturated carbocycles. The number of hydrogen-bond donors (Lipinski definition) is 4. The molecule has 0 radical (unpaired) electrons. The van der Waals surface area contributed by atoms with E-state index in [1.54, 1.807) is 0 Å². The van der Waals surface area contributed by atoms with Crippen LogP contribution in [0.3, 0.4) is 0 Å². The average Bonchev–Trinajstić information content (AvgIpc) is 2.49. The molecule has 4 amide bonds. The molecule has 11 heteroatoms. The Morgan fingerprint density at radius 1 is 0.667 bits per heavy atom. The van der Waals surface area contributed by atoms with E-state index in [4.69, 9.17) is 0 Å². The van der Waals surface area contributed by atoms with E-state index in [0.717, 1.165) is 0 Å². The SMILES string of the molecule is O=C(CBr)NNC(=O)CCSCCC(=O)NNC(=O)CBr. The molecule has 0 atom stereocenters. The quantitative estimate of drug-likeness (QED) is 0.229. The number of carbonyl (C=O) groups is 4. The fourth-order valence-corrected chi connectivity index (χ4v) is 2.05. The van der Waals surface area contributed by atoms with Gasteiger partial charge in [-0.25, -0.2) is 0 Å². The first kappa shape index (κ1) is 20.2. The van der Waals surface area contributed by atoms with Gasteiger partial charge in [0.2, 0.25) is 23.6 Å². The summed E-state index contributed by atoms with van der Waals surface area (Å²) in [5, 5.41) is 0.228. The van der Waals surface area contributed by atoms with E-state index in [0.29, 0.717) is 11.5 Å². The fraction of sp³-hybridized carbons (Fsp3) is 0.600. The van der Waals surface area contributed by atoms with Gasteiger partial charge in [0.05, 0.1) is 10.7 Å². The van der Waals surface area contributed by atoms with Crippen LogP contribution in [0.5, 0.6) is 0 Å². The highest BCUT2D eigenvalue weighted by atomic mass is 79.9. The molecule has 0 bridgehead atoms. The lowest BCUT2D eigenvalue weighted by molar-refractivity contribution is -0.127. The third kappa shape index (κ3) is 12.6. The highest BCUT2D eigenvalue weighted by molar-refractivity contribution is 9.09. The van der Waals surface area contributed by atoms with Gasteiger partial charge < -0.3 is 0 Å². The number of halogens is 2. The van der Waals surface area contributed by atoms with Crippen molar-refractivity contribution in [2.45, 2.75) is 12.8 Å². The summed E-state index contributed by atoms with van der Waals surface area (Å²) >= 11 is 7.31. The second-order valence-electron chi connectivity index (χ2n) is 3.57. The molecular formula is C10H16Br2N4O4S. The third-order valence-corrected chi connectivity index (χ3v) is 3.88. The van der Waals surface area contributed by atoms with Crippen LogP contribution in [0.15, 0.2) is 0 Å². The van der Waals surface area contributed by atoms with Gasteiger partial charge in [-0.3, -0.25) is 40.9 Å². The van der Waals surface area contributed by atoms with Crippen molar-refractivity contribution in [1.82, 2.24) is 21.7 Å². The van der Waals surface area contributed by atoms with E-state index in [1.807, 2.05) is 0 Å². The smallest absolute Gasteiger partial charge is 0.249 e. The summed E-state index contributed by atoms with van der Waals surface area (Å²) in [4.78, 5) is 44.3. The summed E-state index contributed by atoms with van der Waals surface area (Å²) in [7, 11) is 0. The maximum atomic E-state index is 11.3. The first-order valence-electron chi connectivity index (χ1n) is 5.84. The average molecular weight is 448 g/mol. The molecule has 0 aromatic carbocycles. The molecule has 0 aliphatic rings.